The van der Waals surface area contributed by atoms with Gasteiger partial charge in [-0.2, -0.15) is 0 Å². The van der Waals surface area contributed by atoms with E-state index in [0.29, 0.717) is 6.54 Å². The van der Waals surface area contributed by atoms with E-state index in [9.17, 15) is 18.0 Å². The Morgan fingerprint density at radius 2 is 2.07 bits per heavy atom. The number of methoxy groups -OCH3 is 1. The van der Waals surface area contributed by atoms with Crippen LogP contribution >= 0.6 is 12.4 Å². The van der Waals surface area contributed by atoms with Crippen LogP contribution in [-0.2, 0) is 14.8 Å². The van der Waals surface area contributed by atoms with Crippen LogP contribution in [0.15, 0.2) is 23.1 Å². The van der Waals surface area contributed by atoms with Crippen LogP contribution in [-0.4, -0.2) is 68.3 Å². The Morgan fingerprint density at radius 1 is 1.36 bits per heavy atom. The number of piperidine rings is 1. The lowest BCUT2D eigenvalue weighted by molar-refractivity contribution is 0.0583. The number of carbonyl (C=O) groups is 2. The predicted molar refractivity (Wildman–Crippen MR) is 106 cm³/mol. The van der Waals surface area contributed by atoms with E-state index >= 15 is 0 Å². The summed E-state index contributed by atoms with van der Waals surface area (Å²) in [7, 11) is -2.54. The van der Waals surface area contributed by atoms with Crippen LogP contribution in [0.2, 0.25) is 0 Å². The number of amides is 2. The first-order chi connectivity index (χ1) is 12.8. The van der Waals surface area contributed by atoms with Crippen molar-refractivity contribution in [1.82, 2.24) is 9.21 Å². The first-order valence-electron chi connectivity index (χ1n) is 9.05. The number of nitrogens with two attached hydrogens (primary N) is 1. The standard InChI is InChI=1S/C18H25N3O5S.ClH/c1-12(19)15-5-3-4-8-20(15)17(22)13-6-7-14-16(11-13)27(24,25)21(18(14)23)9-10-26-2;/h6-7,11-12,15H,3-5,8-10,19H2,1-2H3;1H. The lowest BCUT2D eigenvalue weighted by Crippen LogP contribution is -2.51. The van der Waals surface area contributed by atoms with E-state index in [2.05, 4.69) is 0 Å². The molecule has 2 atom stereocenters. The third-order valence-electron chi connectivity index (χ3n) is 5.17. The summed E-state index contributed by atoms with van der Waals surface area (Å²) < 4.78 is 31.1. The molecule has 0 bridgehead atoms. The van der Waals surface area contributed by atoms with Crippen molar-refractivity contribution in [2.45, 2.75) is 43.2 Å². The molecule has 3 rings (SSSR count). The molecule has 2 aliphatic heterocycles. The zero-order chi connectivity index (χ0) is 19.8. The molecule has 0 saturated carbocycles. The summed E-state index contributed by atoms with van der Waals surface area (Å²) in [5.41, 5.74) is 6.38. The highest BCUT2D eigenvalue weighted by Gasteiger charge is 2.41. The number of ether oxygens (including phenoxy) is 1. The number of hydrogen-bond acceptors (Lipinski definition) is 6. The number of hydrogen-bond donors (Lipinski definition) is 1. The van der Waals surface area contributed by atoms with E-state index in [0.717, 1.165) is 23.6 Å². The number of sulfonamides is 1. The molecule has 10 heteroatoms. The Labute approximate surface area is 171 Å². The van der Waals surface area contributed by atoms with Crippen LogP contribution in [0, 0.1) is 0 Å². The first kappa shape index (κ1) is 22.6. The Hall–Kier alpha value is -1.68. The van der Waals surface area contributed by atoms with Gasteiger partial charge in [-0.05, 0) is 44.4 Å². The molecule has 8 nitrogen and oxygen atoms in total. The molecular weight excluding hydrogens is 406 g/mol. The molecule has 2 N–H and O–H groups in total. The van der Waals surface area contributed by atoms with E-state index in [4.69, 9.17) is 10.5 Å². The fourth-order valence-corrected chi connectivity index (χ4v) is 5.30. The lowest BCUT2D eigenvalue weighted by Gasteiger charge is -2.38. The second-order valence-electron chi connectivity index (χ2n) is 7.01. The van der Waals surface area contributed by atoms with Crippen molar-refractivity contribution in [2.24, 2.45) is 5.73 Å². The molecule has 1 aromatic carbocycles. The van der Waals surface area contributed by atoms with Gasteiger partial charge in [0, 0.05) is 31.3 Å². The average Bonchev–Trinajstić information content (AvgIpc) is 2.85. The molecule has 2 amide bonds. The smallest absolute Gasteiger partial charge is 0.269 e. The molecular formula is C18H26ClN3O5S. The summed E-state index contributed by atoms with van der Waals surface area (Å²) >= 11 is 0. The van der Waals surface area contributed by atoms with Crippen LogP contribution in [0.25, 0.3) is 0 Å². The van der Waals surface area contributed by atoms with Gasteiger partial charge in [0.05, 0.1) is 18.7 Å². The molecule has 28 heavy (non-hydrogen) atoms. The quantitative estimate of drug-likeness (QED) is 0.751. The van der Waals surface area contributed by atoms with Gasteiger partial charge in [-0.15, -0.1) is 12.4 Å². The first-order valence-corrected chi connectivity index (χ1v) is 10.5. The number of nitrogens with zero attached hydrogens (tertiary/aromatic N) is 2. The highest BCUT2D eigenvalue weighted by molar-refractivity contribution is 7.90. The largest absolute Gasteiger partial charge is 0.383 e. The van der Waals surface area contributed by atoms with Gasteiger partial charge >= 0.3 is 0 Å². The number of likely N-dealkylation sites (tertiary alicyclic amines) is 1. The summed E-state index contributed by atoms with van der Waals surface area (Å²) in [4.78, 5) is 27.0. The van der Waals surface area contributed by atoms with Crippen molar-refractivity contribution >= 4 is 34.2 Å². The maximum Gasteiger partial charge on any atom is 0.269 e. The molecule has 1 saturated heterocycles. The zero-order valence-corrected chi connectivity index (χ0v) is 17.6. The van der Waals surface area contributed by atoms with Crippen molar-refractivity contribution in [2.75, 3.05) is 26.8 Å². The van der Waals surface area contributed by atoms with E-state index in [1.165, 1.54) is 25.3 Å². The van der Waals surface area contributed by atoms with Crippen molar-refractivity contribution in [3.63, 3.8) is 0 Å². The Balaban J connectivity index is 0.00000280. The Kier molecular flexibility index (Phi) is 7.08. The molecule has 2 aliphatic rings. The van der Waals surface area contributed by atoms with Gasteiger partial charge in [-0.3, -0.25) is 9.59 Å². The Bertz CT molecular complexity index is 859. The normalized spacial score (nSPS) is 21.8. The molecule has 0 aliphatic carbocycles. The van der Waals surface area contributed by atoms with Crippen LogP contribution in [0.5, 0.6) is 0 Å². The summed E-state index contributed by atoms with van der Waals surface area (Å²) in [6.07, 6.45) is 2.73. The van der Waals surface area contributed by atoms with Crippen molar-refractivity contribution < 1.29 is 22.7 Å². The fourth-order valence-electron chi connectivity index (χ4n) is 3.73. The number of rotatable bonds is 5. The third-order valence-corrected chi connectivity index (χ3v) is 6.99. The minimum Gasteiger partial charge on any atom is -0.383 e. The summed E-state index contributed by atoms with van der Waals surface area (Å²) in [6, 6.07) is 4.00. The highest BCUT2D eigenvalue weighted by atomic mass is 35.5. The minimum absolute atomic E-state index is 0. The molecule has 0 radical (unpaired) electrons. The third kappa shape index (κ3) is 3.89. The van der Waals surface area contributed by atoms with E-state index < -0.39 is 15.9 Å². The van der Waals surface area contributed by atoms with Crippen LogP contribution < -0.4 is 5.73 Å². The summed E-state index contributed by atoms with van der Waals surface area (Å²) in [5, 5.41) is 0. The lowest BCUT2D eigenvalue weighted by atomic mass is 9.96. The molecule has 0 spiro atoms. The minimum atomic E-state index is -3.98. The second kappa shape index (κ2) is 8.77. The predicted octanol–water partition coefficient (Wildman–Crippen LogP) is 1.24. The Morgan fingerprint density at radius 3 is 2.71 bits per heavy atom. The van der Waals surface area contributed by atoms with E-state index in [1.807, 2.05) is 6.92 Å². The van der Waals surface area contributed by atoms with Gasteiger partial charge in [0.1, 0.15) is 4.90 Å². The molecule has 0 aromatic heterocycles. The maximum atomic E-state index is 13.0. The fraction of sp³-hybridized carbons (Fsp3) is 0.556. The SMILES string of the molecule is COCCN1C(=O)c2ccc(C(=O)N3CCCCC3C(C)N)cc2S1(=O)=O.Cl. The van der Waals surface area contributed by atoms with Crippen molar-refractivity contribution in [3.8, 4) is 0 Å². The molecule has 1 fully saturated rings. The monoisotopic (exact) mass is 431 g/mol. The molecule has 2 unspecified atom stereocenters. The topological polar surface area (TPSA) is 110 Å². The number of fused-ring (bicyclic) bond motifs is 1. The van der Waals surface area contributed by atoms with Gasteiger partial charge in [-0.1, -0.05) is 0 Å². The average molecular weight is 432 g/mol. The number of benzene rings is 1. The molecule has 1 aromatic rings. The maximum absolute atomic E-state index is 13.0. The molecule has 2 heterocycles. The van der Waals surface area contributed by atoms with E-state index in [1.54, 1.807) is 4.90 Å². The van der Waals surface area contributed by atoms with Crippen LogP contribution in [0.1, 0.15) is 46.9 Å². The van der Waals surface area contributed by atoms with Crippen molar-refractivity contribution in [3.05, 3.63) is 29.3 Å². The zero-order valence-electron chi connectivity index (χ0n) is 16.0. The van der Waals surface area contributed by atoms with Gasteiger partial charge in [-0.25, -0.2) is 12.7 Å². The van der Waals surface area contributed by atoms with Crippen LogP contribution in [0.4, 0.5) is 0 Å². The molecule has 156 valence electrons. The summed E-state index contributed by atoms with van der Waals surface area (Å²) in [5.74, 6) is -0.842. The van der Waals surface area contributed by atoms with E-state index in [-0.39, 0.29) is 59.6 Å². The number of carbonyl (C=O) groups excluding carboxylic acids is 2. The number of halogens is 1. The van der Waals surface area contributed by atoms with Crippen LogP contribution in [0.3, 0.4) is 0 Å². The van der Waals surface area contributed by atoms with Gasteiger partial charge in [0.15, 0.2) is 0 Å². The van der Waals surface area contributed by atoms with Gasteiger partial charge in [0.25, 0.3) is 21.8 Å². The second-order valence-corrected chi connectivity index (χ2v) is 8.84. The summed E-state index contributed by atoms with van der Waals surface area (Å²) in [6.45, 7) is 2.51. The van der Waals surface area contributed by atoms with Gasteiger partial charge in [0.2, 0.25) is 0 Å². The van der Waals surface area contributed by atoms with Gasteiger partial charge < -0.3 is 15.4 Å². The van der Waals surface area contributed by atoms with Crippen molar-refractivity contribution in [1.29, 1.82) is 0 Å². The highest BCUT2D eigenvalue weighted by Crippen LogP contribution is 2.32.